The first-order valence-electron chi connectivity index (χ1n) is 12.7. The fourth-order valence-electron chi connectivity index (χ4n) is 5.39. The molecule has 3 heterocycles. The van der Waals surface area contributed by atoms with Crippen molar-refractivity contribution in [3.63, 3.8) is 0 Å². The van der Waals surface area contributed by atoms with Gasteiger partial charge < -0.3 is 0 Å². The lowest BCUT2D eigenvalue weighted by Gasteiger charge is -2.11. The number of benzene rings is 5. The summed E-state index contributed by atoms with van der Waals surface area (Å²) in [6.45, 7) is 0. The van der Waals surface area contributed by atoms with E-state index in [1.54, 1.807) is 11.3 Å². The second-order valence-corrected chi connectivity index (χ2v) is 10.9. The van der Waals surface area contributed by atoms with Gasteiger partial charge in [0.05, 0.1) is 11.0 Å². The fourth-order valence-corrected chi connectivity index (χ4v) is 6.88. The predicted molar refractivity (Wildman–Crippen MR) is 163 cm³/mol. The van der Waals surface area contributed by atoms with Crippen LogP contribution in [0.3, 0.4) is 0 Å². The highest BCUT2D eigenvalue weighted by molar-refractivity contribution is 7.26. The molecule has 8 rings (SSSR count). The van der Waals surface area contributed by atoms with E-state index in [4.69, 9.17) is 26.6 Å². The first-order valence-corrected chi connectivity index (χ1v) is 13.9. The van der Waals surface area contributed by atoms with Crippen LogP contribution in [-0.4, -0.2) is 19.5 Å². The van der Waals surface area contributed by atoms with Crippen molar-refractivity contribution in [1.29, 1.82) is 0 Å². The van der Waals surface area contributed by atoms with Gasteiger partial charge in [0.2, 0.25) is 5.95 Å². The molecule has 0 unspecified atom stereocenters. The molecule has 0 aliphatic heterocycles. The summed E-state index contributed by atoms with van der Waals surface area (Å²) in [5, 5.41) is 5.42. The molecule has 6 heteroatoms. The van der Waals surface area contributed by atoms with Gasteiger partial charge in [-0.25, -0.2) is 4.98 Å². The van der Waals surface area contributed by atoms with Gasteiger partial charge in [0.1, 0.15) is 0 Å². The molecule has 39 heavy (non-hydrogen) atoms. The lowest BCUT2D eigenvalue weighted by Crippen LogP contribution is -2.06. The van der Waals surface area contributed by atoms with Crippen LogP contribution in [0.15, 0.2) is 115 Å². The van der Waals surface area contributed by atoms with Crippen LogP contribution in [0.25, 0.3) is 70.7 Å². The van der Waals surface area contributed by atoms with Crippen molar-refractivity contribution < 1.29 is 0 Å². The highest BCUT2D eigenvalue weighted by atomic mass is 35.5. The van der Waals surface area contributed by atoms with E-state index < -0.39 is 0 Å². The Morgan fingerprint density at radius 2 is 1.23 bits per heavy atom. The Morgan fingerprint density at radius 1 is 0.564 bits per heavy atom. The molecule has 0 bridgehead atoms. The Kier molecular flexibility index (Phi) is 5.02. The highest BCUT2D eigenvalue weighted by Crippen LogP contribution is 2.40. The highest BCUT2D eigenvalue weighted by Gasteiger charge is 2.19. The van der Waals surface area contributed by atoms with Crippen molar-refractivity contribution in [2.75, 3.05) is 0 Å². The van der Waals surface area contributed by atoms with Gasteiger partial charge in [0, 0.05) is 47.1 Å². The van der Waals surface area contributed by atoms with E-state index in [1.165, 1.54) is 21.5 Å². The summed E-state index contributed by atoms with van der Waals surface area (Å²) in [7, 11) is 0. The summed E-state index contributed by atoms with van der Waals surface area (Å²) in [6.07, 6.45) is 0. The number of nitrogens with zero attached hydrogens (tertiary/aromatic N) is 4. The van der Waals surface area contributed by atoms with Gasteiger partial charge in [-0.3, -0.25) is 4.57 Å². The maximum absolute atomic E-state index is 6.34. The van der Waals surface area contributed by atoms with Crippen LogP contribution in [0, 0.1) is 0 Å². The number of hydrogen-bond donors (Lipinski definition) is 0. The third-order valence-corrected chi connectivity index (χ3v) is 8.57. The molecule has 0 saturated carbocycles. The summed E-state index contributed by atoms with van der Waals surface area (Å²) in [5.74, 6) is 1.88. The number of fused-ring (bicyclic) bond motifs is 6. The van der Waals surface area contributed by atoms with Crippen molar-refractivity contribution >= 4 is 64.9 Å². The third-order valence-electron chi connectivity index (χ3n) is 7.14. The quantitative estimate of drug-likeness (QED) is 0.225. The van der Waals surface area contributed by atoms with Crippen LogP contribution in [0.4, 0.5) is 0 Å². The molecular formula is C33H19ClN4S. The smallest absolute Gasteiger partial charge is 0.238 e. The van der Waals surface area contributed by atoms with E-state index in [0.717, 1.165) is 36.6 Å². The Morgan fingerprint density at radius 3 is 2.00 bits per heavy atom. The Balaban J connectivity index is 1.46. The van der Waals surface area contributed by atoms with Crippen LogP contribution >= 0.6 is 22.9 Å². The van der Waals surface area contributed by atoms with Crippen molar-refractivity contribution in [1.82, 2.24) is 19.5 Å². The number of rotatable bonds is 3. The zero-order chi connectivity index (χ0) is 25.9. The van der Waals surface area contributed by atoms with Crippen molar-refractivity contribution in [2.24, 2.45) is 0 Å². The first-order chi connectivity index (χ1) is 19.2. The molecule has 4 nitrogen and oxygen atoms in total. The van der Waals surface area contributed by atoms with Crippen molar-refractivity contribution in [3.8, 4) is 28.7 Å². The molecule has 0 fully saturated rings. The van der Waals surface area contributed by atoms with Crippen LogP contribution in [-0.2, 0) is 0 Å². The van der Waals surface area contributed by atoms with Gasteiger partial charge in [-0.05, 0) is 30.3 Å². The van der Waals surface area contributed by atoms with E-state index in [1.807, 2.05) is 42.5 Å². The van der Waals surface area contributed by atoms with Crippen molar-refractivity contribution in [2.45, 2.75) is 0 Å². The molecule has 0 spiro atoms. The summed E-state index contributed by atoms with van der Waals surface area (Å²) >= 11 is 8.05. The summed E-state index contributed by atoms with van der Waals surface area (Å²) in [6, 6.07) is 39.3. The Labute approximate surface area is 232 Å². The molecule has 184 valence electrons. The molecule has 0 atom stereocenters. The summed E-state index contributed by atoms with van der Waals surface area (Å²) < 4.78 is 4.42. The maximum Gasteiger partial charge on any atom is 0.238 e. The molecule has 0 N–H and O–H groups in total. The molecule has 5 aromatic carbocycles. The third kappa shape index (κ3) is 3.55. The molecule has 0 amide bonds. The molecular weight excluding hydrogens is 520 g/mol. The van der Waals surface area contributed by atoms with Crippen LogP contribution < -0.4 is 0 Å². The molecule has 0 radical (unpaired) electrons. The Bertz CT molecular complexity index is 2140. The monoisotopic (exact) mass is 538 g/mol. The molecule has 0 aliphatic carbocycles. The zero-order valence-electron chi connectivity index (χ0n) is 20.5. The van der Waals surface area contributed by atoms with Gasteiger partial charge >= 0.3 is 0 Å². The number of halogens is 1. The summed E-state index contributed by atoms with van der Waals surface area (Å²) in [4.78, 5) is 15.2. The van der Waals surface area contributed by atoms with Gasteiger partial charge in [0.25, 0.3) is 0 Å². The second-order valence-electron chi connectivity index (χ2n) is 9.44. The van der Waals surface area contributed by atoms with Gasteiger partial charge in [0.15, 0.2) is 11.6 Å². The molecule has 3 aromatic heterocycles. The van der Waals surface area contributed by atoms with Crippen LogP contribution in [0.2, 0.25) is 5.02 Å². The van der Waals surface area contributed by atoms with E-state index in [9.17, 15) is 0 Å². The minimum atomic E-state index is 0.595. The zero-order valence-corrected chi connectivity index (χ0v) is 22.1. The van der Waals surface area contributed by atoms with E-state index in [2.05, 4.69) is 77.4 Å². The first kappa shape index (κ1) is 22.4. The second kappa shape index (κ2) is 8.73. The Hall–Kier alpha value is -4.58. The van der Waals surface area contributed by atoms with Crippen molar-refractivity contribution in [3.05, 3.63) is 120 Å². The van der Waals surface area contributed by atoms with Crippen LogP contribution in [0.5, 0.6) is 0 Å². The lowest BCUT2D eigenvalue weighted by atomic mass is 10.1. The minimum absolute atomic E-state index is 0.595. The molecule has 8 aromatic rings. The normalized spacial score (nSPS) is 11.7. The van der Waals surface area contributed by atoms with Crippen LogP contribution in [0.1, 0.15) is 0 Å². The topological polar surface area (TPSA) is 43.6 Å². The average Bonchev–Trinajstić information content (AvgIpc) is 3.52. The molecule has 0 aliphatic rings. The van der Waals surface area contributed by atoms with Gasteiger partial charge in [-0.2, -0.15) is 9.97 Å². The lowest BCUT2D eigenvalue weighted by molar-refractivity contribution is 0.954. The number of para-hydroxylation sites is 2. The predicted octanol–water partition coefficient (Wildman–Crippen LogP) is 9.32. The van der Waals surface area contributed by atoms with E-state index >= 15 is 0 Å². The minimum Gasteiger partial charge on any atom is -0.278 e. The molecule has 0 saturated heterocycles. The number of hydrogen-bond acceptors (Lipinski definition) is 4. The van der Waals surface area contributed by atoms with E-state index in [0.29, 0.717) is 17.6 Å². The summed E-state index contributed by atoms with van der Waals surface area (Å²) in [5.41, 5.74) is 4.04. The van der Waals surface area contributed by atoms with E-state index in [-0.39, 0.29) is 0 Å². The van der Waals surface area contributed by atoms with Gasteiger partial charge in [-0.15, -0.1) is 11.3 Å². The standard InChI is InChI=1S/C33H19ClN4S/c34-21-17-18-24-25-13-8-14-26(30(25)39-29(24)19-21)32-35-31(20-9-2-1-3-10-20)36-33(37-32)38-27-15-6-4-11-22(27)23-12-5-7-16-28(23)38/h1-19H. The largest absolute Gasteiger partial charge is 0.278 e. The fraction of sp³-hybridized carbons (Fsp3) is 0. The average molecular weight is 539 g/mol. The van der Waals surface area contributed by atoms with Gasteiger partial charge in [-0.1, -0.05) is 96.5 Å². The maximum atomic E-state index is 6.34. The number of thiophene rings is 1. The SMILES string of the molecule is Clc1ccc2c(c1)sc1c(-c3nc(-c4ccccc4)nc(-n4c5ccccc5c5ccccc54)n3)cccc12. The number of aromatic nitrogens is 4.